The summed E-state index contributed by atoms with van der Waals surface area (Å²) in [5, 5.41) is 2.76. The highest BCUT2D eigenvalue weighted by Crippen LogP contribution is 2.29. The third kappa shape index (κ3) is 5.32. The lowest BCUT2D eigenvalue weighted by molar-refractivity contribution is -0.122. The molecule has 0 atom stereocenters. The van der Waals surface area contributed by atoms with Gasteiger partial charge in [-0.3, -0.25) is 14.9 Å². The smallest absolute Gasteiger partial charge is 0.337 e. The average Bonchev–Trinajstić information content (AvgIpc) is 2.86. The number of anilines is 1. The quantitative estimate of drug-likeness (QED) is 0.251. The van der Waals surface area contributed by atoms with Gasteiger partial charge in [-0.1, -0.05) is 35.9 Å². The second-order valence-corrected chi connectivity index (χ2v) is 8.83. The number of esters is 1. The second kappa shape index (κ2) is 10.8. The number of urea groups is 1. The van der Waals surface area contributed by atoms with Crippen molar-refractivity contribution in [3.05, 3.63) is 98.5 Å². The number of methoxy groups -OCH3 is 1. The van der Waals surface area contributed by atoms with Crippen molar-refractivity contribution in [3.8, 4) is 5.75 Å². The Morgan fingerprint density at radius 1 is 1.06 bits per heavy atom. The van der Waals surface area contributed by atoms with E-state index in [1.54, 1.807) is 24.3 Å². The summed E-state index contributed by atoms with van der Waals surface area (Å²) in [4.78, 5) is 50.5. The largest absolute Gasteiger partial charge is 0.488 e. The highest BCUT2D eigenvalue weighted by atomic mass is 79.9. The lowest BCUT2D eigenvalue weighted by Crippen LogP contribution is -2.54. The number of hydrogen-bond donors (Lipinski definition) is 1. The molecule has 0 saturated carbocycles. The first-order chi connectivity index (χ1) is 17.3. The number of ether oxygens (including phenoxy) is 2. The summed E-state index contributed by atoms with van der Waals surface area (Å²) in [5.41, 5.74) is 1.56. The number of imide groups is 2. The summed E-state index contributed by atoms with van der Waals surface area (Å²) in [6, 6.07) is 17.1. The van der Waals surface area contributed by atoms with Gasteiger partial charge in [0.25, 0.3) is 11.8 Å². The molecule has 4 rings (SSSR count). The van der Waals surface area contributed by atoms with Gasteiger partial charge in [-0.05, 0) is 70.0 Å². The van der Waals surface area contributed by atoms with Crippen LogP contribution in [0.1, 0.15) is 21.5 Å². The number of carbonyl (C=O) groups is 4. The zero-order valence-corrected chi connectivity index (χ0v) is 21.1. The standard InChI is InChI=1S/C26H18BrClN2O6/c1-35-25(33)16-7-9-18(10-8-16)30-24(32)19(23(31)29-26(30)34)12-15-6-11-22(20(27)13-15)36-14-17-4-2-3-5-21(17)28/h2-13H,14H2,1H3,(H,29,31,34)/b19-12+. The molecule has 3 aromatic rings. The van der Waals surface area contributed by atoms with Crippen molar-refractivity contribution in [3.63, 3.8) is 0 Å². The molecule has 10 heteroatoms. The first-order valence-electron chi connectivity index (χ1n) is 10.5. The zero-order chi connectivity index (χ0) is 25.8. The minimum Gasteiger partial charge on any atom is -0.488 e. The molecule has 1 fully saturated rings. The molecule has 1 aliphatic heterocycles. The highest BCUT2D eigenvalue weighted by Gasteiger charge is 2.36. The van der Waals surface area contributed by atoms with Gasteiger partial charge in [-0.2, -0.15) is 0 Å². The van der Waals surface area contributed by atoms with Crippen LogP contribution in [0.5, 0.6) is 5.75 Å². The topological polar surface area (TPSA) is 102 Å². The molecule has 4 amide bonds. The maximum atomic E-state index is 13.1. The van der Waals surface area contributed by atoms with Crippen LogP contribution >= 0.6 is 27.5 Å². The summed E-state index contributed by atoms with van der Waals surface area (Å²) in [7, 11) is 1.25. The molecule has 0 radical (unpaired) electrons. The molecule has 0 aliphatic carbocycles. The van der Waals surface area contributed by atoms with E-state index in [0.29, 0.717) is 20.8 Å². The van der Waals surface area contributed by atoms with E-state index in [2.05, 4.69) is 26.0 Å². The van der Waals surface area contributed by atoms with Crippen LogP contribution in [0.2, 0.25) is 5.02 Å². The average molecular weight is 570 g/mol. The van der Waals surface area contributed by atoms with E-state index < -0.39 is 23.8 Å². The van der Waals surface area contributed by atoms with Gasteiger partial charge in [0.05, 0.1) is 22.8 Å². The molecule has 1 aliphatic rings. The van der Waals surface area contributed by atoms with Crippen LogP contribution in [0, 0.1) is 0 Å². The van der Waals surface area contributed by atoms with E-state index in [9.17, 15) is 19.2 Å². The molecule has 8 nitrogen and oxygen atoms in total. The van der Waals surface area contributed by atoms with E-state index in [-0.39, 0.29) is 23.4 Å². The van der Waals surface area contributed by atoms with Crippen molar-refractivity contribution in [1.82, 2.24) is 5.32 Å². The number of carbonyl (C=O) groups excluding carboxylic acids is 4. The Morgan fingerprint density at radius 3 is 2.44 bits per heavy atom. The molecular formula is C26H18BrClN2O6. The molecule has 0 unspecified atom stereocenters. The van der Waals surface area contributed by atoms with E-state index in [4.69, 9.17) is 16.3 Å². The van der Waals surface area contributed by atoms with Gasteiger partial charge < -0.3 is 9.47 Å². The van der Waals surface area contributed by atoms with Gasteiger partial charge in [0.1, 0.15) is 17.9 Å². The Morgan fingerprint density at radius 2 is 1.78 bits per heavy atom. The normalized spacial score (nSPS) is 14.6. The first kappa shape index (κ1) is 25.2. The molecular weight excluding hydrogens is 552 g/mol. The molecule has 1 saturated heterocycles. The zero-order valence-electron chi connectivity index (χ0n) is 18.8. The molecule has 0 spiro atoms. The fourth-order valence-electron chi connectivity index (χ4n) is 3.42. The molecule has 3 aromatic carbocycles. The van der Waals surface area contributed by atoms with Crippen LogP contribution in [-0.4, -0.2) is 30.9 Å². The van der Waals surface area contributed by atoms with E-state index in [1.807, 2.05) is 18.2 Å². The minimum atomic E-state index is -0.891. The Labute approximate surface area is 219 Å². The predicted octanol–water partition coefficient (Wildman–Crippen LogP) is 5.13. The van der Waals surface area contributed by atoms with E-state index >= 15 is 0 Å². The number of amides is 4. The van der Waals surface area contributed by atoms with E-state index in [1.165, 1.54) is 37.5 Å². The predicted molar refractivity (Wildman–Crippen MR) is 137 cm³/mol. The van der Waals surface area contributed by atoms with Gasteiger partial charge >= 0.3 is 12.0 Å². The summed E-state index contributed by atoms with van der Waals surface area (Å²) in [5.74, 6) is -1.64. The number of hydrogen-bond acceptors (Lipinski definition) is 6. The number of halogens is 2. The van der Waals surface area contributed by atoms with Gasteiger partial charge in [-0.15, -0.1) is 0 Å². The number of rotatable bonds is 6. The Balaban J connectivity index is 1.55. The third-order valence-corrected chi connectivity index (χ3v) is 6.24. The monoisotopic (exact) mass is 568 g/mol. The molecule has 1 N–H and O–H groups in total. The SMILES string of the molecule is COC(=O)c1ccc(N2C(=O)NC(=O)/C(=C\c3ccc(OCc4ccccc4Cl)c(Br)c3)C2=O)cc1. The van der Waals surface area contributed by atoms with Crippen molar-refractivity contribution >= 4 is 63.1 Å². The summed E-state index contributed by atoms with van der Waals surface area (Å²) < 4.78 is 11.1. The first-order valence-corrected chi connectivity index (χ1v) is 11.7. The van der Waals surface area contributed by atoms with Crippen LogP contribution in [0.25, 0.3) is 6.08 Å². The molecule has 0 aromatic heterocycles. The Kier molecular flexibility index (Phi) is 7.52. The maximum Gasteiger partial charge on any atom is 0.337 e. The molecule has 182 valence electrons. The van der Waals surface area contributed by atoms with Crippen molar-refractivity contribution in [2.45, 2.75) is 6.61 Å². The lowest BCUT2D eigenvalue weighted by Gasteiger charge is -2.26. The molecule has 36 heavy (non-hydrogen) atoms. The Hall–Kier alpha value is -3.95. The van der Waals surface area contributed by atoms with E-state index in [0.717, 1.165) is 10.5 Å². The van der Waals surface area contributed by atoms with Gasteiger partial charge in [0.2, 0.25) is 0 Å². The second-order valence-electron chi connectivity index (χ2n) is 7.57. The minimum absolute atomic E-state index is 0.188. The van der Waals surface area contributed by atoms with Crippen LogP contribution in [-0.2, 0) is 20.9 Å². The fraction of sp³-hybridized carbons (Fsp3) is 0.0769. The van der Waals surface area contributed by atoms with Crippen molar-refractivity contribution in [2.75, 3.05) is 12.0 Å². The summed E-state index contributed by atoms with van der Waals surface area (Å²) >= 11 is 9.61. The van der Waals surface area contributed by atoms with Crippen LogP contribution in [0.4, 0.5) is 10.5 Å². The number of nitrogens with zero attached hydrogens (tertiary/aromatic N) is 1. The summed E-state index contributed by atoms with van der Waals surface area (Å²) in [6.07, 6.45) is 1.38. The number of barbiturate groups is 1. The molecule has 1 heterocycles. The lowest BCUT2D eigenvalue weighted by atomic mass is 10.1. The third-order valence-electron chi connectivity index (χ3n) is 5.26. The fourth-order valence-corrected chi connectivity index (χ4v) is 4.12. The van der Waals surface area contributed by atoms with Gasteiger partial charge in [-0.25, -0.2) is 14.5 Å². The molecule has 0 bridgehead atoms. The number of benzene rings is 3. The van der Waals surface area contributed by atoms with Crippen molar-refractivity contribution in [1.29, 1.82) is 0 Å². The summed E-state index contributed by atoms with van der Waals surface area (Å²) in [6.45, 7) is 0.255. The van der Waals surface area contributed by atoms with Crippen LogP contribution < -0.4 is 15.0 Å². The maximum absolute atomic E-state index is 13.1. The van der Waals surface area contributed by atoms with Crippen LogP contribution in [0.3, 0.4) is 0 Å². The highest BCUT2D eigenvalue weighted by molar-refractivity contribution is 9.10. The van der Waals surface area contributed by atoms with Crippen molar-refractivity contribution < 1.29 is 28.7 Å². The van der Waals surface area contributed by atoms with Crippen LogP contribution in [0.15, 0.2) is 76.8 Å². The number of nitrogens with one attached hydrogen (secondary N) is 1. The van der Waals surface area contributed by atoms with Gasteiger partial charge in [0.15, 0.2) is 0 Å². The Bertz CT molecular complexity index is 1400. The van der Waals surface area contributed by atoms with Crippen molar-refractivity contribution in [2.24, 2.45) is 0 Å². The van der Waals surface area contributed by atoms with Gasteiger partial charge in [0, 0.05) is 10.6 Å².